The molecule has 3 aromatic rings. The van der Waals surface area contributed by atoms with E-state index in [1.54, 1.807) is 28.4 Å². The van der Waals surface area contributed by atoms with Crippen LogP contribution < -0.4 is 5.32 Å². The van der Waals surface area contributed by atoms with E-state index in [1.165, 1.54) is 0 Å². The van der Waals surface area contributed by atoms with Crippen molar-refractivity contribution in [3.05, 3.63) is 64.1 Å². The second kappa shape index (κ2) is 6.11. The Morgan fingerprint density at radius 1 is 1.29 bits per heavy atom. The third kappa shape index (κ3) is 3.51. The molecule has 0 aliphatic rings. The summed E-state index contributed by atoms with van der Waals surface area (Å²) in [7, 11) is 0. The first-order valence-electron chi connectivity index (χ1n) is 6.33. The molecule has 0 aliphatic carbocycles. The predicted octanol–water partition coefficient (Wildman–Crippen LogP) is 3.77. The minimum atomic E-state index is -0.0210. The molecule has 0 bridgehead atoms. The zero-order chi connectivity index (χ0) is 14.7. The van der Waals surface area contributed by atoms with Gasteiger partial charge in [0.05, 0.1) is 23.3 Å². The molecule has 0 unspecified atom stereocenters. The number of hydrogen-bond acceptors (Lipinski definition) is 3. The number of nitrogens with zero attached hydrogens (tertiary/aromatic N) is 2. The van der Waals surface area contributed by atoms with Crippen molar-refractivity contribution < 1.29 is 4.79 Å². The number of carbonyl (C=O) groups excluding carboxylic acids is 1. The number of rotatable bonds is 4. The van der Waals surface area contributed by atoms with Crippen LogP contribution in [0.15, 0.2) is 54.2 Å². The summed E-state index contributed by atoms with van der Waals surface area (Å²) >= 11 is 7.42. The molecule has 0 spiro atoms. The van der Waals surface area contributed by atoms with Crippen molar-refractivity contribution in [3.8, 4) is 5.69 Å². The number of carbonyl (C=O) groups is 1. The van der Waals surface area contributed by atoms with Crippen molar-refractivity contribution in [2.45, 2.75) is 6.42 Å². The van der Waals surface area contributed by atoms with Gasteiger partial charge in [0.25, 0.3) is 0 Å². The number of aromatic nitrogens is 2. The molecule has 0 aliphatic heterocycles. The summed E-state index contributed by atoms with van der Waals surface area (Å²) in [5, 5.41) is 9.55. The molecule has 6 heteroatoms. The van der Waals surface area contributed by atoms with E-state index in [0.29, 0.717) is 11.4 Å². The Hall–Kier alpha value is -2.11. The maximum atomic E-state index is 11.9. The highest BCUT2D eigenvalue weighted by Crippen LogP contribution is 2.16. The quantitative estimate of drug-likeness (QED) is 0.796. The average molecular weight is 318 g/mol. The third-order valence-corrected chi connectivity index (χ3v) is 3.95. The Morgan fingerprint density at radius 2 is 2.10 bits per heavy atom. The zero-order valence-electron chi connectivity index (χ0n) is 11.0. The molecule has 106 valence electrons. The van der Waals surface area contributed by atoms with E-state index in [-0.39, 0.29) is 5.91 Å². The first-order chi connectivity index (χ1) is 10.2. The van der Waals surface area contributed by atoms with Crippen LogP contribution in [0.5, 0.6) is 0 Å². The summed E-state index contributed by atoms with van der Waals surface area (Å²) in [5.41, 5.74) is 1.65. The van der Waals surface area contributed by atoms with Gasteiger partial charge in [0.1, 0.15) is 0 Å². The van der Waals surface area contributed by atoms with Crippen molar-refractivity contribution in [3.63, 3.8) is 0 Å². The van der Waals surface area contributed by atoms with E-state index in [2.05, 4.69) is 10.4 Å². The van der Waals surface area contributed by atoms with Gasteiger partial charge >= 0.3 is 0 Å². The number of anilines is 1. The molecule has 2 aromatic heterocycles. The molecule has 1 amide bonds. The zero-order valence-corrected chi connectivity index (χ0v) is 12.6. The Balaban J connectivity index is 1.65. The summed E-state index contributed by atoms with van der Waals surface area (Å²) in [4.78, 5) is 12.9. The van der Waals surface area contributed by atoms with E-state index in [4.69, 9.17) is 11.6 Å². The highest BCUT2D eigenvalue weighted by molar-refractivity contribution is 7.10. The smallest absolute Gasteiger partial charge is 0.229 e. The normalized spacial score (nSPS) is 10.5. The van der Waals surface area contributed by atoms with E-state index >= 15 is 0 Å². The Kier molecular flexibility index (Phi) is 4.03. The van der Waals surface area contributed by atoms with Gasteiger partial charge in [-0.2, -0.15) is 5.10 Å². The molecule has 0 radical (unpaired) electrons. The molecule has 0 saturated heterocycles. The summed E-state index contributed by atoms with van der Waals surface area (Å²) in [6, 6.07) is 11.3. The van der Waals surface area contributed by atoms with Gasteiger partial charge in [-0.1, -0.05) is 17.7 Å². The van der Waals surface area contributed by atoms with Gasteiger partial charge in [-0.25, -0.2) is 4.68 Å². The lowest BCUT2D eigenvalue weighted by Crippen LogP contribution is -2.13. The van der Waals surface area contributed by atoms with Crippen LogP contribution in [0.3, 0.4) is 0 Å². The van der Waals surface area contributed by atoms with Crippen LogP contribution in [0.2, 0.25) is 5.02 Å². The van der Waals surface area contributed by atoms with Crippen molar-refractivity contribution in [2.24, 2.45) is 0 Å². The molecule has 3 rings (SSSR count). The van der Waals surface area contributed by atoms with E-state index < -0.39 is 0 Å². The topological polar surface area (TPSA) is 46.9 Å². The Labute approximate surface area is 131 Å². The molecular weight excluding hydrogens is 306 g/mol. The van der Waals surface area contributed by atoms with Crippen LogP contribution in [0, 0.1) is 0 Å². The summed E-state index contributed by atoms with van der Waals surface area (Å²) in [5.74, 6) is -0.0210. The summed E-state index contributed by atoms with van der Waals surface area (Å²) < 4.78 is 1.68. The lowest BCUT2D eigenvalue weighted by molar-refractivity contribution is -0.115. The van der Waals surface area contributed by atoms with Crippen LogP contribution in [-0.2, 0) is 11.2 Å². The fraction of sp³-hybridized carbons (Fsp3) is 0.0667. The summed E-state index contributed by atoms with van der Waals surface area (Å²) in [6.07, 6.45) is 3.71. The molecule has 0 atom stereocenters. The first kappa shape index (κ1) is 13.9. The molecule has 2 heterocycles. The molecule has 1 aromatic carbocycles. The van der Waals surface area contributed by atoms with Crippen LogP contribution >= 0.6 is 22.9 Å². The van der Waals surface area contributed by atoms with E-state index in [0.717, 1.165) is 16.3 Å². The van der Waals surface area contributed by atoms with Crippen molar-refractivity contribution >= 4 is 34.5 Å². The highest BCUT2D eigenvalue weighted by atomic mass is 35.5. The second-order valence-corrected chi connectivity index (χ2v) is 5.92. The number of nitrogens with one attached hydrogen (secondary N) is 1. The van der Waals surface area contributed by atoms with E-state index in [1.807, 2.05) is 41.8 Å². The lowest BCUT2D eigenvalue weighted by atomic mass is 10.2. The van der Waals surface area contributed by atoms with Gasteiger partial charge in [-0.15, -0.1) is 11.3 Å². The monoisotopic (exact) mass is 317 g/mol. The maximum Gasteiger partial charge on any atom is 0.229 e. The fourth-order valence-electron chi connectivity index (χ4n) is 1.92. The average Bonchev–Trinajstić information content (AvgIpc) is 3.11. The largest absolute Gasteiger partial charge is 0.326 e. The van der Waals surface area contributed by atoms with Crippen LogP contribution in [0.1, 0.15) is 4.88 Å². The van der Waals surface area contributed by atoms with Crippen molar-refractivity contribution in [1.82, 2.24) is 9.78 Å². The second-order valence-electron chi connectivity index (χ2n) is 4.45. The SMILES string of the molecule is O=C(Cc1cccs1)Nc1ccc(-n2cc(Cl)cn2)cc1. The number of benzene rings is 1. The van der Waals surface area contributed by atoms with Crippen molar-refractivity contribution in [1.29, 1.82) is 0 Å². The van der Waals surface area contributed by atoms with Gasteiger partial charge in [0.15, 0.2) is 0 Å². The number of hydrogen-bond donors (Lipinski definition) is 1. The minimum Gasteiger partial charge on any atom is -0.326 e. The Morgan fingerprint density at radius 3 is 2.71 bits per heavy atom. The van der Waals surface area contributed by atoms with Crippen LogP contribution in [0.25, 0.3) is 5.69 Å². The van der Waals surface area contributed by atoms with Gasteiger partial charge < -0.3 is 5.32 Å². The minimum absolute atomic E-state index is 0.0210. The standard InChI is InChI=1S/C15H12ClN3OS/c16-11-9-17-19(10-11)13-5-3-12(4-6-13)18-15(20)8-14-2-1-7-21-14/h1-7,9-10H,8H2,(H,18,20). The van der Waals surface area contributed by atoms with Crippen LogP contribution in [-0.4, -0.2) is 15.7 Å². The predicted molar refractivity (Wildman–Crippen MR) is 85.2 cm³/mol. The van der Waals surface area contributed by atoms with Gasteiger partial charge in [-0.05, 0) is 35.7 Å². The number of thiophene rings is 1. The van der Waals surface area contributed by atoms with Crippen LogP contribution in [0.4, 0.5) is 5.69 Å². The molecule has 1 N–H and O–H groups in total. The molecule has 0 fully saturated rings. The van der Waals surface area contributed by atoms with Crippen molar-refractivity contribution in [2.75, 3.05) is 5.32 Å². The maximum absolute atomic E-state index is 11.9. The van der Waals surface area contributed by atoms with Gasteiger partial charge in [0.2, 0.25) is 5.91 Å². The molecule has 4 nitrogen and oxygen atoms in total. The van der Waals surface area contributed by atoms with E-state index in [9.17, 15) is 4.79 Å². The Bertz CT molecular complexity index is 735. The van der Waals surface area contributed by atoms with Gasteiger partial charge in [-0.3, -0.25) is 4.79 Å². The first-order valence-corrected chi connectivity index (χ1v) is 7.59. The highest BCUT2D eigenvalue weighted by Gasteiger charge is 2.05. The van der Waals surface area contributed by atoms with Gasteiger partial charge in [0, 0.05) is 16.8 Å². The lowest BCUT2D eigenvalue weighted by Gasteiger charge is -2.06. The summed E-state index contributed by atoms with van der Waals surface area (Å²) in [6.45, 7) is 0. The molecule has 0 saturated carbocycles. The molecule has 21 heavy (non-hydrogen) atoms. The molecular formula is C15H12ClN3OS. The third-order valence-electron chi connectivity index (χ3n) is 2.88. The fourth-order valence-corrected chi connectivity index (χ4v) is 2.76. The number of amides is 1. The number of halogens is 1.